The van der Waals surface area contributed by atoms with Crippen molar-refractivity contribution in [3.05, 3.63) is 0 Å². The summed E-state index contributed by atoms with van der Waals surface area (Å²) in [6.45, 7) is 6.79. The van der Waals surface area contributed by atoms with Gasteiger partial charge in [0.05, 0.1) is 0 Å². The molecule has 0 saturated carbocycles. The molecule has 2 fully saturated rings. The second-order valence-corrected chi connectivity index (χ2v) is 6.22. The van der Waals surface area contributed by atoms with Crippen molar-refractivity contribution in [3.8, 4) is 0 Å². The lowest BCUT2D eigenvalue weighted by atomic mass is 10.1. The third kappa shape index (κ3) is 3.47. The van der Waals surface area contributed by atoms with Crippen LogP contribution in [-0.4, -0.2) is 47.7 Å². The fourth-order valence-corrected chi connectivity index (χ4v) is 2.60. The molecule has 5 nitrogen and oxygen atoms in total. The number of esters is 1. The third-order valence-electron chi connectivity index (χ3n) is 3.42. The molecule has 0 radical (unpaired) electrons. The van der Waals surface area contributed by atoms with Crippen molar-refractivity contribution in [1.29, 1.82) is 0 Å². The number of nitrogens with zero attached hydrogens (tertiary/aromatic N) is 1. The number of hydrogen-bond acceptors (Lipinski definition) is 4. The van der Waals surface area contributed by atoms with E-state index in [0.29, 0.717) is 19.6 Å². The minimum absolute atomic E-state index is 0.0501. The molecule has 0 N–H and O–H groups in total. The molecule has 0 aromatic rings. The summed E-state index contributed by atoms with van der Waals surface area (Å²) in [5, 5.41) is 0. The lowest BCUT2D eigenvalue weighted by Crippen LogP contribution is -2.47. The summed E-state index contributed by atoms with van der Waals surface area (Å²) in [4.78, 5) is 26.1. The average Bonchev–Trinajstić information content (AvgIpc) is 2.97. The maximum absolute atomic E-state index is 12.3. The van der Waals surface area contributed by atoms with Crippen LogP contribution < -0.4 is 0 Å². The van der Waals surface area contributed by atoms with Crippen molar-refractivity contribution in [2.45, 2.75) is 64.2 Å². The van der Waals surface area contributed by atoms with Crippen molar-refractivity contribution in [1.82, 2.24) is 4.90 Å². The van der Waals surface area contributed by atoms with E-state index < -0.39 is 11.6 Å². The Kier molecular flexibility index (Phi) is 4.13. The zero-order valence-electron chi connectivity index (χ0n) is 12.0. The smallest absolute Gasteiger partial charge is 0.329 e. The summed E-state index contributed by atoms with van der Waals surface area (Å²) in [5.41, 5.74) is -0.516. The molecular formula is C14H23NO4. The van der Waals surface area contributed by atoms with Crippen LogP contribution in [0.3, 0.4) is 0 Å². The maximum atomic E-state index is 12.3. The predicted octanol–water partition coefficient (Wildman–Crippen LogP) is 1.50. The molecule has 108 valence electrons. The number of hydrogen-bond donors (Lipinski definition) is 0. The highest BCUT2D eigenvalue weighted by atomic mass is 16.6. The lowest BCUT2D eigenvalue weighted by molar-refractivity contribution is -0.165. The van der Waals surface area contributed by atoms with E-state index in [1.54, 1.807) is 4.90 Å². The molecule has 19 heavy (non-hydrogen) atoms. The van der Waals surface area contributed by atoms with Gasteiger partial charge in [-0.2, -0.15) is 0 Å². The first-order valence-corrected chi connectivity index (χ1v) is 7.03. The van der Waals surface area contributed by atoms with Gasteiger partial charge in [-0.1, -0.05) is 0 Å². The Bertz CT molecular complexity index is 355. The van der Waals surface area contributed by atoms with Crippen molar-refractivity contribution < 1.29 is 19.1 Å². The largest absolute Gasteiger partial charge is 0.458 e. The first-order chi connectivity index (χ1) is 8.88. The van der Waals surface area contributed by atoms with E-state index in [-0.39, 0.29) is 18.0 Å². The molecule has 0 bridgehead atoms. The monoisotopic (exact) mass is 269 g/mol. The maximum Gasteiger partial charge on any atom is 0.329 e. The average molecular weight is 269 g/mol. The summed E-state index contributed by atoms with van der Waals surface area (Å²) >= 11 is 0. The number of carbonyl (C=O) groups is 2. The van der Waals surface area contributed by atoms with Gasteiger partial charge in [-0.05, 0) is 46.5 Å². The van der Waals surface area contributed by atoms with Gasteiger partial charge in [0.2, 0.25) is 0 Å². The first-order valence-electron chi connectivity index (χ1n) is 7.03. The van der Waals surface area contributed by atoms with Gasteiger partial charge < -0.3 is 14.4 Å². The van der Waals surface area contributed by atoms with Gasteiger partial charge in [0.25, 0.3) is 5.91 Å². The van der Waals surface area contributed by atoms with Crippen LogP contribution in [0.25, 0.3) is 0 Å². The fraction of sp³-hybridized carbons (Fsp3) is 0.857. The van der Waals surface area contributed by atoms with Gasteiger partial charge in [0, 0.05) is 13.2 Å². The van der Waals surface area contributed by atoms with Crippen LogP contribution in [0.4, 0.5) is 0 Å². The molecule has 1 unspecified atom stereocenters. The van der Waals surface area contributed by atoms with E-state index in [1.807, 2.05) is 20.8 Å². The van der Waals surface area contributed by atoms with Crippen molar-refractivity contribution in [3.63, 3.8) is 0 Å². The molecule has 2 saturated heterocycles. The molecule has 0 aliphatic carbocycles. The van der Waals surface area contributed by atoms with Gasteiger partial charge >= 0.3 is 5.97 Å². The van der Waals surface area contributed by atoms with Crippen LogP contribution in [0, 0.1) is 0 Å². The minimum atomic E-state index is -0.516. The van der Waals surface area contributed by atoms with Crippen LogP contribution in [0.5, 0.6) is 0 Å². The summed E-state index contributed by atoms with van der Waals surface area (Å²) in [5.74, 6) is -0.345. The number of ether oxygens (including phenoxy) is 2. The van der Waals surface area contributed by atoms with Gasteiger partial charge in [0.15, 0.2) is 0 Å². The molecule has 2 heterocycles. The Hall–Kier alpha value is -1.10. The van der Waals surface area contributed by atoms with Crippen LogP contribution in [0.2, 0.25) is 0 Å². The highest BCUT2D eigenvalue weighted by Gasteiger charge is 2.40. The summed E-state index contributed by atoms with van der Waals surface area (Å²) in [6, 6.07) is -0.434. The summed E-state index contributed by atoms with van der Waals surface area (Å²) < 4.78 is 10.8. The Morgan fingerprint density at radius 3 is 2.53 bits per heavy atom. The molecule has 2 rings (SSSR count). The Labute approximate surface area is 114 Å². The topological polar surface area (TPSA) is 55.8 Å². The molecule has 2 aliphatic heterocycles. The van der Waals surface area contributed by atoms with Gasteiger partial charge in [-0.15, -0.1) is 0 Å². The van der Waals surface area contributed by atoms with Crippen molar-refractivity contribution >= 4 is 11.9 Å². The summed E-state index contributed by atoms with van der Waals surface area (Å²) in [7, 11) is 0. The van der Waals surface area contributed by atoms with E-state index in [9.17, 15) is 9.59 Å². The molecular weight excluding hydrogens is 246 g/mol. The Morgan fingerprint density at radius 2 is 1.95 bits per heavy atom. The predicted molar refractivity (Wildman–Crippen MR) is 69.6 cm³/mol. The lowest BCUT2D eigenvalue weighted by Gasteiger charge is -2.28. The second kappa shape index (κ2) is 5.49. The van der Waals surface area contributed by atoms with Gasteiger partial charge in [-0.25, -0.2) is 4.79 Å². The highest BCUT2D eigenvalue weighted by molar-refractivity contribution is 5.87. The Morgan fingerprint density at radius 1 is 1.21 bits per heavy atom. The molecule has 0 aromatic carbocycles. The normalized spacial score (nSPS) is 27.6. The molecule has 0 spiro atoms. The van der Waals surface area contributed by atoms with Crippen LogP contribution in [0.15, 0.2) is 0 Å². The van der Waals surface area contributed by atoms with E-state index in [4.69, 9.17) is 9.47 Å². The minimum Gasteiger partial charge on any atom is -0.458 e. The van der Waals surface area contributed by atoms with Crippen LogP contribution >= 0.6 is 0 Å². The quantitative estimate of drug-likeness (QED) is 0.713. The number of amides is 1. The van der Waals surface area contributed by atoms with Crippen LogP contribution in [-0.2, 0) is 19.1 Å². The van der Waals surface area contributed by atoms with Gasteiger partial charge in [-0.3, -0.25) is 4.79 Å². The standard InChI is InChI=1S/C14H23NO4/c1-14(2,3)19-13(17)10-6-4-8-15(10)12(16)11-7-5-9-18-11/h10-11H,4-9H2,1-3H3/t10-,11?/m1/s1. The van der Waals surface area contributed by atoms with Crippen LogP contribution in [0.1, 0.15) is 46.5 Å². The Balaban J connectivity index is 2.00. The van der Waals surface area contributed by atoms with E-state index in [2.05, 4.69) is 0 Å². The number of rotatable bonds is 2. The first kappa shape index (κ1) is 14.3. The van der Waals surface area contributed by atoms with Crippen molar-refractivity contribution in [2.75, 3.05) is 13.2 Å². The highest BCUT2D eigenvalue weighted by Crippen LogP contribution is 2.24. The zero-order chi connectivity index (χ0) is 14.0. The molecule has 2 atom stereocenters. The van der Waals surface area contributed by atoms with E-state index in [0.717, 1.165) is 19.3 Å². The van der Waals surface area contributed by atoms with E-state index in [1.165, 1.54) is 0 Å². The third-order valence-corrected chi connectivity index (χ3v) is 3.42. The SMILES string of the molecule is CC(C)(C)OC(=O)[C@H]1CCCN1C(=O)C1CCCO1. The molecule has 5 heteroatoms. The molecule has 1 amide bonds. The number of likely N-dealkylation sites (tertiary alicyclic amines) is 1. The number of carbonyl (C=O) groups excluding carboxylic acids is 2. The van der Waals surface area contributed by atoms with Crippen molar-refractivity contribution in [2.24, 2.45) is 0 Å². The molecule has 2 aliphatic rings. The van der Waals surface area contributed by atoms with E-state index >= 15 is 0 Å². The zero-order valence-corrected chi connectivity index (χ0v) is 12.0. The fourth-order valence-electron chi connectivity index (χ4n) is 2.60. The van der Waals surface area contributed by atoms with Gasteiger partial charge in [0.1, 0.15) is 17.7 Å². The molecule has 0 aromatic heterocycles. The summed E-state index contributed by atoms with van der Waals surface area (Å²) in [6.07, 6.45) is 2.86. The second-order valence-electron chi connectivity index (χ2n) is 6.22.